The van der Waals surface area contributed by atoms with Crippen LogP contribution in [0.3, 0.4) is 0 Å². The van der Waals surface area contributed by atoms with Gasteiger partial charge >= 0.3 is 0 Å². The van der Waals surface area contributed by atoms with Crippen molar-refractivity contribution in [3.8, 4) is 0 Å². The first-order valence-electron chi connectivity index (χ1n) is 10.9. The number of thiophene rings is 1. The SMILES string of the molecule is CCc1c(C)sc2nc(SCCCCCn3cccn3)n(CC3CCCO3)c(=O)c12. The van der Waals surface area contributed by atoms with Crippen molar-refractivity contribution in [2.75, 3.05) is 12.4 Å². The summed E-state index contributed by atoms with van der Waals surface area (Å²) in [7, 11) is 0. The molecule has 1 fully saturated rings. The van der Waals surface area contributed by atoms with Crippen LogP contribution in [0.1, 0.15) is 49.5 Å². The fraction of sp³-hybridized carbons (Fsp3) is 0.591. The number of rotatable bonds is 10. The molecule has 0 N–H and O–H groups in total. The maximum Gasteiger partial charge on any atom is 0.263 e. The number of thioether (sulfide) groups is 1. The lowest BCUT2D eigenvalue weighted by molar-refractivity contribution is 0.0937. The van der Waals surface area contributed by atoms with Crippen LogP contribution in [0.4, 0.5) is 0 Å². The lowest BCUT2D eigenvalue weighted by Gasteiger charge is -2.16. The monoisotopic (exact) mass is 446 g/mol. The molecule has 0 saturated carbocycles. The number of ether oxygens (including phenoxy) is 1. The molecule has 0 aliphatic carbocycles. The fourth-order valence-corrected chi connectivity index (χ4v) is 6.23. The van der Waals surface area contributed by atoms with Crippen LogP contribution in [0.2, 0.25) is 0 Å². The Morgan fingerprint density at radius 2 is 2.23 bits per heavy atom. The van der Waals surface area contributed by atoms with Gasteiger partial charge in [-0.1, -0.05) is 25.1 Å². The van der Waals surface area contributed by atoms with E-state index in [0.717, 1.165) is 78.4 Å². The van der Waals surface area contributed by atoms with E-state index in [2.05, 4.69) is 18.9 Å². The minimum Gasteiger partial charge on any atom is -0.376 e. The van der Waals surface area contributed by atoms with Crippen LogP contribution in [0.25, 0.3) is 10.2 Å². The largest absolute Gasteiger partial charge is 0.376 e. The van der Waals surface area contributed by atoms with Crippen molar-refractivity contribution < 1.29 is 4.74 Å². The quantitative estimate of drug-likeness (QED) is 0.257. The zero-order chi connectivity index (χ0) is 20.9. The highest BCUT2D eigenvalue weighted by atomic mass is 32.2. The van der Waals surface area contributed by atoms with Gasteiger partial charge in [-0.2, -0.15) is 5.10 Å². The van der Waals surface area contributed by atoms with Gasteiger partial charge in [0.05, 0.1) is 18.0 Å². The second-order valence-corrected chi connectivity index (χ2v) is 10.1. The molecule has 1 aliphatic heterocycles. The third-order valence-corrected chi connectivity index (χ3v) is 7.77. The number of aromatic nitrogens is 4. The molecule has 6 nitrogen and oxygen atoms in total. The first kappa shape index (κ1) is 21.6. The molecule has 0 radical (unpaired) electrons. The summed E-state index contributed by atoms with van der Waals surface area (Å²) in [5.41, 5.74) is 1.27. The summed E-state index contributed by atoms with van der Waals surface area (Å²) in [6.07, 6.45) is 10.3. The van der Waals surface area contributed by atoms with Crippen LogP contribution in [-0.2, 0) is 24.2 Å². The molecule has 0 bridgehead atoms. The summed E-state index contributed by atoms with van der Waals surface area (Å²) in [5.74, 6) is 0.966. The van der Waals surface area contributed by atoms with Crippen molar-refractivity contribution >= 4 is 33.3 Å². The number of aryl methyl sites for hydroxylation is 3. The Bertz CT molecular complexity index is 1020. The predicted molar refractivity (Wildman–Crippen MR) is 124 cm³/mol. The van der Waals surface area contributed by atoms with Crippen molar-refractivity contribution in [3.63, 3.8) is 0 Å². The van der Waals surface area contributed by atoms with Crippen LogP contribution < -0.4 is 5.56 Å². The van der Waals surface area contributed by atoms with Crippen molar-refractivity contribution in [2.45, 2.75) is 76.7 Å². The third kappa shape index (κ3) is 4.81. The van der Waals surface area contributed by atoms with Crippen molar-refractivity contribution in [3.05, 3.63) is 39.3 Å². The molecule has 162 valence electrons. The van der Waals surface area contributed by atoms with Crippen LogP contribution in [0.5, 0.6) is 0 Å². The van der Waals surface area contributed by atoms with E-state index in [1.807, 2.05) is 27.7 Å². The summed E-state index contributed by atoms with van der Waals surface area (Å²) in [6, 6.07) is 1.96. The van der Waals surface area contributed by atoms with Gasteiger partial charge in [0.1, 0.15) is 4.83 Å². The highest BCUT2D eigenvalue weighted by Gasteiger charge is 2.22. The lowest BCUT2D eigenvalue weighted by Crippen LogP contribution is -2.29. The predicted octanol–water partition coefficient (Wildman–Crippen LogP) is 4.67. The van der Waals surface area contributed by atoms with Crippen molar-refractivity contribution in [1.82, 2.24) is 19.3 Å². The summed E-state index contributed by atoms with van der Waals surface area (Å²) in [4.78, 5) is 20.5. The van der Waals surface area contributed by atoms with Crippen molar-refractivity contribution in [2.24, 2.45) is 0 Å². The van der Waals surface area contributed by atoms with Crippen LogP contribution in [-0.4, -0.2) is 37.8 Å². The zero-order valence-corrected chi connectivity index (χ0v) is 19.4. The molecule has 4 heterocycles. The number of unbranched alkanes of at least 4 members (excludes halogenated alkanes) is 2. The minimum atomic E-state index is 0.109. The normalized spacial score (nSPS) is 16.7. The number of fused-ring (bicyclic) bond motifs is 1. The Hall–Kier alpha value is -1.64. The Morgan fingerprint density at radius 3 is 2.97 bits per heavy atom. The molecule has 0 spiro atoms. The van der Waals surface area contributed by atoms with E-state index in [1.54, 1.807) is 23.1 Å². The number of nitrogens with zero attached hydrogens (tertiary/aromatic N) is 4. The number of hydrogen-bond donors (Lipinski definition) is 0. The maximum absolute atomic E-state index is 13.4. The maximum atomic E-state index is 13.4. The van der Waals surface area contributed by atoms with Gasteiger partial charge < -0.3 is 4.74 Å². The van der Waals surface area contributed by atoms with E-state index in [-0.39, 0.29) is 11.7 Å². The first-order valence-corrected chi connectivity index (χ1v) is 12.7. The third-order valence-electron chi connectivity index (χ3n) is 5.66. The zero-order valence-electron chi connectivity index (χ0n) is 17.8. The lowest BCUT2D eigenvalue weighted by atomic mass is 10.1. The highest BCUT2D eigenvalue weighted by molar-refractivity contribution is 7.99. The molecule has 3 aromatic heterocycles. The van der Waals surface area contributed by atoms with Gasteiger partial charge in [0, 0.05) is 36.2 Å². The van der Waals surface area contributed by atoms with Crippen LogP contribution in [0.15, 0.2) is 28.4 Å². The van der Waals surface area contributed by atoms with Gasteiger partial charge in [-0.15, -0.1) is 11.3 Å². The van der Waals surface area contributed by atoms with Crippen LogP contribution in [0, 0.1) is 6.92 Å². The molecule has 1 unspecified atom stereocenters. The Morgan fingerprint density at radius 1 is 1.33 bits per heavy atom. The summed E-state index contributed by atoms with van der Waals surface area (Å²) < 4.78 is 9.70. The van der Waals surface area contributed by atoms with E-state index >= 15 is 0 Å². The molecule has 30 heavy (non-hydrogen) atoms. The molecule has 3 aromatic rings. The van der Waals surface area contributed by atoms with Gasteiger partial charge in [-0.05, 0) is 50.7 Å². The fourth-order valence-electron chi connectivity index (χ4n) is 4.07. The molecule has 1 aliphatic rings. The van der Waals surface area contributed by atoms with Gasteiger partial charge in [0.15, 0.2) is 5.16 Å². The number of hydrogen-bond acceptors (Lipinski definition) is 6. The van der Waals surface area contributed by atoms with E-state index in [9.17, 15) is 4.79 Å². The van der Waals surface area contributed by atoms with Gasteiger partial charge in [0.2, 0.25) is 0 Å². The van der Waals surface area contributed by atoms with E-state index in [0.29, 0.717) is 6.54 Å². The molecule has 0 amide bonds. The molecular weight excluding hydrogens is 416 g/mol. The molecule has 1 saturated heterocycles. The van der Waals surface area contributed by atoms with Crippen molar-refractivity contribution in [1.29, 1.82) is 0 Å². The summed E-state index contributed by atoms with van der Waals surface area (Å²) in [6.45, 7) is 6.58. The van der Waals surface area contributed by atoms with Gasteiger partial charge in [-0.3, -0.25) is 14.0 Å². The van der Waals surface area contributed by atoms with Gasteiger partial charge in [0.25, 0.3) is 5.56 Å². The second-order valence-electron chi connectivity index (χ2n) is 7.79. The standard InChI is InChI=1S/C22H30N4O2S2/c1-3-18-16(2)30-20-19(18)21(27)26(15-17-9-7-13-28-17)22(24-20)29-14-6-4-5-11-25-12-8-10-23-25/h8,10,12,17H,3-7,9,11,13-15H2,1-2H3. The Kier molecular flexibility index (Phi) is 7.28. The molecule has 1 atom stereocenters. The van der Waals surface area contributed by atoms with E-state index < -0.39 is 0 Å². The summed E-state index contributed by atoms with van der Waals surface area (Å²) in [5, 5.41) is 5.92. The molecule has 0 aromatic carbocycles. The Balaban J connectivity index is 1.47. The topological polar surface area (TPSA) is 61.9 Å². The molecular formula is C22H30N4O2S2. The Labute approximate surface area is 185 Å². The minimum absolute atomic E-state index is 0.109. The van der Waals surface area contributed by atoms with Crippen LogP contribution >= 0.6 is 23.1 Å². The van der Waals surface area contributed by atoms with E-state index in [1.165, 1.54) is 4.88 Å². The smallest absolute Gasteiger partial charge is 0.263 e. The average molecular weight is 447 g/mol. The first-order chi connectivity index (χ1) is 14.7. The molecule has 4 rings (SSSR count). The van der Waals surface area contributed by atoms with E-state index in [4.69, 9.17) is 9.72 Å². The second kappa shape index (κ2) is 10.1. The average Bonchev–Trinajstić information content (AvgIpc) is 3.48. The van der Waals surface area contributed by atoms with Gasteiger partial charge in [-0.25, -0.2) is 4.98 Å². The highest BCUT2D eigenvalue weighted by Crippen LogP contribution is 2.30. The molecule has 8 heteroatoms. The summed E-state index contributed by atoms with van der Waals surface area (Å²) >= 11 is 3.36.